The maximum Gasteiger partial charge on any atom is 0.225 e. The Kier molecular flexibility index (Phi) is 4.91. The molecule has 5 nitrogen and oxygen atoms in total. The van der Waals surface area contributed by atoms with Crippen LogP contribution in [0.5, 0.6) is 0 Å². The quantitative estimate of drug-likeness (QED) is 0.914. The van der Waals surface area contributed by atoms with Crippen LogP contribution in [-0.4, -0.2) is 42.5 Å². The summed E-state index contributed by atoms with van der Waals surface area (Å²) in [6.07, 6.45) is 1.78. The third-order valence-electron chi connectivity index (χ3n) is 4.42. The topological polar surface area (TPSA) is 58.6 Å². The second-order valence-electron chi connectivity index (χ2n) is 6.20. The third kappa shape index (κ3) is 4.07. The second kappa shape index (κ2) is 7.08. The van der Waals surface area contributed by atoms with Crippen molar-refractivity contribution in [2.24, 2.45) is 5.92 Å². The number of benzene rings is 1. The lowest BCUT2D eigenvalue weighted by Gasteiger charge is -2.23. The molecule has 1 unspecified atom stereocenters. The van der Waals surface area contributed by atoms with Crippen molar-refractivity contribution in [2.45, 2.75) is 31.8 Å². The predicted octanol–water partition coefficient (Wildman–Crippen LogP) is 1.47. The number of likely N-dealkylation sites (tertiary alicyclic amines) is 1. The van der Waals surface area contributed by atoms with Gasteiger partial charge in [0.25, 0.3) is 0 Å². The van der Waals surface area contributed by atoms with Crippen molar-refractivity contribution in [3.8, 4) is 0 Å². The molecule has 0 radical (unpaired) electrons. The van der Waals surface area contributed by atoms with E-state index in [4.69, 9.17) is 4.74 Å². The second-order valence-corrected chi connectivity index (χ2v) is 6.20. The van der Waals surface area contributed by atoms with E-state index < -0.39 is 0 Å². The summed E-state index contributed by atoms with van der Waals surface area (Å²) in [5, 5.41) is 2.98. The molecule has 2 aliphatic heterocycles. The summed E-state index contributed by atoms with van der Waals surface area (Å²) in [7, 11) is 0. The minimum Gasteiger partial charge on any atom is -0.381 e. The fourth-order valence-corrected chi connectivity index (χ4v) is 3.16. The van der Waals surface area contributed by atoms with E-state index in [2.05, 4.69) is 5.32 Å². The minimum atomic E-state index is -0.307. The lowest BCUT2D eigenvalue weighted by molar-refractivity contribution is -0.128. The van der Waals surface area contributed by atoms with E-state index in [1.54, 1.807) is 17.0 Å². The molecule has 1 aromatic rings. The predicted molar refractivity (Wildman–Crippen MR) is 81.9 cm³/mol. The molecule has 1 N–H and O–H groups in total. The summed E-state index contributed by atoms with van der Waals surface area (Å²) < 4.78 is 18.5. The van der Waals surface area contributed by atoms with E-state index in [9.17, 15) is 14.0 Å². The molecule has 3 rings (SSSR count). The Hall–Kier alpha value is -1.95. The van der Waals surface area contributed by atoms with Crippen LogP contribution in [0.3, 0.4) is 0 Å². The van der Waals surface area contributed by atoms with Gasteiger partial charge in [0.05, 0.1) is 6.04 Å². The van der Waals surface area contributed by atoms with E-state index in [-0.39, 0.29) is 29.6 Å². The van der Waals surface area contributed by atoms with Gasteiger partial charge in [0.15, 0.2) is 0 Å². The maximum absolute atomic E-state index is 13.2. The van der Waals surface area contributed by atoms with Gasteiger partial charge in [0.2, 0.25) is 11.8 Å². The average molecular weight is 320 g/mol. The smallest absolute Gasteiger partial charge is 0.225 e. The Morgan fingerprint density at radius 1 is 1.35 bits per heavy atom. The number of nitrogens with one attached hydrogen (secondary N) is 1. The first-order chi connectivity index (χ1) is 11.1. The molecule has 1 atom stereocenters. The molecule has 0 bridgehead atoms. The zero-order chi connectivity index (χ0) is 16.2. The van der Waals surface area contributed by atoms with Crippen molar-refractivity contribution in [1.82, 2.24) is 10.2 Å². The Bertz CT molecular complexity index is 587. The fourth-order valence-electron chi connectivity index (χ4n) is 3.16. The monoisotopic (exact) mass is 320 g/mol. The zero-order valence-corrected chi connectivity index (χ0v) is 13.0. The van der Waals surface area contributed by atoms with Gasteiger partial charge in [-0.1, -0.05) is 12.1 Å². The van der Waals surface area contributed by atoms with Crippen LogP contribution in [0.1, 0.15) is 24.8 Å². The molecule has 2 aliphatic rings. The Labute approximate surface area is 134 Å². The highest BCUT2D eigenvalue weighted by molar-refractivity contribution is 5.83. The number of hydrogen-bond acceptors (Lipinski definition) is 3. The number of ether oxygens (including phenoxy) is 1. The van der Waals surface area contributed by atoms with E-state index in [1.165, 1.54) is 12.1 Å². The number of amides is 2. The largest absolute Gasteiger partial charge is 0.381 e. The van der Waals surface area contributed by atoms with Gasteiger partial charge in [-0.2, -0.15) is 0 Å². The molecule has 23 heavy (non-hydrogen) atoms. The van der Waals surface area contributed by atoms with Crippen LogP contribution in [0.4, 0.5) is 4.39 Å². The first kappa shape index (κ1) is 15.9. The SMILES string of the molecule is O=C(NC1CC(=O)N(Cc2cccc(F)c2)C1)C1CCOCC1. The highest BCUT2D eigenvalue weighted by Gasteiger charge is 2.32. The molecule has 2 saturated heterocycles. The van der Waals surface area contributed by atoms with Gasteiger partial charge in [-0.05, 0) is 30.5 Å². The van der Waals surface area contributed by atoms with Crippen LogP contribution >= 0.6 is 0 Å². The van der Waals surface area contributed by atoms with Gasteiger partial charge >= 0.3 is 0 Å². The van der Waals surface area contributed by atoms with E-state index in [1.807, 2.05) is 0 Å². The molecule has 0 spiro atoms. The molecule has 0 aromatic heterocycles. The fraction of sp³-hybridized carbons (Fsp3) is 0.529. The lowest BCUT2D eigenvalue weighted by Crippen LogP contribution is -2.42. The van der Waals surface area contributed by atoms with Gasteiger partial charge < -0.3 is 15.0 Å². The highest BCUT2D eigenvalue weighted by atomic mass is 19.1. The van der Waals surface area contributed by atoms with Crippen molar-refractivity contribution < 1.29 is 18.7 Å². The van der Waals surface area contributed by atoms with Crippen LogP contribution in [0.15, 0.2) is 24.3 Å². The van der Waals surface area contributed by atoms with Crippen molar-refractivity contribution >= 4 is 11.8 Å². The van der Waals surface area contributed by atoms with Crippen molar-refractivity contribution in [2.75, 3.05) is 19.8 Å². The normalized spacial score (nSPS) is 22.4. The highest BCUT2D eigenvalue weighted by Crippen LogP contribution is 2.18. The zero-order valence-electron chi connectivity index (χ0n) is 13.0. The Morgan fingerprint density at radius 3 is 2.87 bits per heavy atom. The number of rotatable bonds is 4. The molecule has 0 aliphatic carbocycles. The van der Waals surface area contributed by atoms with Gasteiger partial charge in [-0.3, -0.25) is 9.59 Å². The minimum absolute atomic E-state index is 0.00783. The standard InChI is InChI=1S/C17H21FN2O3/c18-14-3-1-2-12(8-14)10-20-11-15(9-16(20)21)19-17(22)13-4-6-23-7-5-13/h1-3,8,13,15H,4-7,9-11H2,(H,19,22). The van der Waals surface area contributed by atoms with Crippen LogP contribution in [0.25, 0.3) is 0 Å². The first-order valence-corrected chi connectivity index (χ1v) is 8.02. The molecule has 124 valence electrons. The number of carbonyl (C=O) groups is 2. The summed E-state index contributed by atoms with van der Waals surface area (Å²) in [6.45, 7) is 2.09. The Balaban J connectivity index is 1.53. The van der Waals surface area contributed by atoms with Crippen molar-refractivity contribution in [3.63, 3.8) is 0 Å². The van der Waals surface area contributed by atoms with Crippen molar-refractivity contribution in [3.05, 3.63) is 35.6 Å². The van der Waals surface area contributed by atoms with Gasteiger partial charge in [-0.25, -0.2) is 4.39 Å². The maximum atomic E-state index is 13.2. The molecule has 0 saturated carbocycles. The molecule has 2 amide bonds. The summed E-state index contributed by atoms with van der Waals surface area (Å²) >= 11 is 0. The van der Waals surface area contributed by atoms with Crippen LogP contribution in [0, 0.1) is 11.7 Å². The van der Waals surface area contributed by atoms with E-state index in [0.717, 1.165) is 18.4 Å². The number of nitrogens with zero attached hydrogens (tertiary/aromatic N) is 1. The summed E-state index contributed by atoms with van der Waals surface area (Å²) in [4.78, 5) is 26.0. The van der Waals surface area contributed by atoms with E-state index in [0.29, 0.717) is 32.7 Å². The van der Waals surface area contributed by atoms with Gasteiger partial charge in [0, 0.05) is 38.6 Å². The average Bonchev–Trinajstić information content (AvgIpc) is 2.87. The van der Waals surface area contributed by atoms with Gasteiger partial charge in [-0.15, -0.1) is 0 Å². The first-order valence-electron chi connectivity index (χ1n) is 8.02. The summed E-state index contributed by atoms with van der Waals surface area (Å²) in [5.41, 5.74) is 0.759. The van der Waals surface area contributed by atoms with Crippen LogP contribution in [-0.2, 0) is 20.9 Å². The number of halogens is 1. The molecule has 2 fully saturated rings. The molecule has 2 heterocycles. The van der Waals surface area contributed by atoms with E-state index >= 15 is 0 Å². The lowest BCUT2D eigenvalue weighted by atomic mass is 9.99. The number of carbonyl (C=O) groups excluding carboxylic acids is 2. The summed E-state index contributed by atoms with van der Waals surface area (Å²) in [5.74, 6) is -0.320. The van der Waals surface area contributed by atoms with Crippen LogP contribution < -0.4 is 5.32 Å². The molecular formula is C17H21FN2O3. The Morgan fingerprint density at radius 2 is 2.13 bits per heavy atom. The van der Waals surface area contributed by atoms with Gasteiger partial charge in [0.1, 0.15) is 5.82 Å². The third-order valence-corrected chi connectivity index (χ3v) is 4.42. The van der Waals surface area contributed by atoms with Crippen LogP contribution in [0.2, 0.25) is 0 Å². The molecule has 1 aromatic carbocycles. The van der Waals surface area contributed by atoms with Crippen molar-refractivity contribution in [1.29, 1.82) is 0 Å². The molecular weight excluding hydrogens is 299 g/mol. The number of hydrogen-bond donors (Lipinski definition) is 1. The summed E-state index contributed by atoms with van der Waals surface area (Å²) in [6, 6.07) is 6.08. The molecule has 6 heteroatoms.